The molecule has 1 aliphatic rings. The van der Waals surface area contributed by atoms with E-state index in [-0.39, 0.29) is 12.0 Å². The van der Waals surface area contributed by atoms with Crippen LogP contribution in [0.25, 0.3) is 0 Å². The highest BCUT2D eigenvalue weighted by Gasteiger charge is 2.25. The summed E-state index contributed by atoms with van der Waals surface area (Å²) < 4.78 is 0. The number of likely N-dealkylation sites (tertiary alicyclic amines) is 1. The summed E-state index contributed by atoms with van der Waals surface area (Å²) in [6.07, 6.45) is 0.371. The summed E-state index contributed by atoms with van der Waals surface area (Å²) in [7, 11) is 0. The standard InChI is InChI=1S/C10H13NO2S/c1-7-4-9(14-6-7)10(13)11-3-2-8(12)5-11/h4,6,8,12H,2-3,5H2,1H3. The van der Waals surface area contributed by atoms with E-state index < -0.39 is 0 Å². The highest BCUT2D eigenvalue weighted by atomic mass is 32.1. The van der Waals surface area contributed by atoms with E-state index in [4.69, 9.17) is 0 Å². The molecule has 14 heavy (non-hydrogen) atoms. The Bertz CT molecular complexity index is 348. The smallest absolute Gasteiger partial charge is 0.264 e. The molecule has 0 spiro atoms. The van der Waals surface area contributed by atoms with Crippen LogP contribution in [0.1, 0.15) is 21.7 Å². The van der Waals surface area contributed by atoms with E-state index in [2.05, 4.69) is 0 Å². The molecule has 1 fully saturated rings. The van der Waals surface area contributed by atoms with Gasteiger partial charge in [-0.05, 0) is 30.4 Å². The van der Waals surface area contributed by atoms with Gasteiger partial charge in [-0.3, -0.25) is 4.79 Å². The Balaban J connectivity index is 2.09. The predicted octanol–water partition coefficient (Wildman–Crippen LogP) is 1.26. The van der Waals surface area contributed by atoms with Crippen molar-refractivity contribution in [2.24, 2.45) is 0 Å². The number of aliphatic hydroxyl groups is 1. The summed E-state index contributed by atoms with van der Waals surface area (Å²) in [6, 6.07) is 1.90. The van der Waals surface area contributed by atoms with Gasteiger partial charge in [-0.15, -0.1) is 11.3 Å². The topological polar surface area (TPSA) is 40.5 Å². The van der Waals surface area contributed by atoms with Gasteiger partial charge in [-0.1, -0.05) is 0 Å². The number of aryl methyl sites for hydroxylation is 1. The van der Waals surface area contributed by atoms with Crippen LogP contribution in [0, 0.1) is 6.92 Å². The fourth-order valence-electron chi connectivity index (χ4n) is 1.63. The lowest BCUT2D eigenvalue weighted by Crippen LogP contribution is -2.28. The Morgan fingerprint density at radius 3 is 3.00 bits per heavy atom. The molecule has 1 amide bonds. The fourth-order valence-corrected chi connectivity index (χ4v) is 2.49. The molecule has 1 saturated heterocycles. The molecule has 0 saturated carbocycles. The van der Waals surface area contributed by atoms with Crippen molar-refractivity contribution >= 4 is 17.2 Å². The fraction of sp³-hybridized carbons (Fsp3) is 0.500. The maximum absolute atomic E-state index is 11.8. The number of rotatable bonds is 1. The zero-order valence-electron chi connectivity index (χ0n) is 8.06. The molecule has 3 nitrogen and oxygen atoms in total. The molecule has 76 valence electrons. The molecule has 0 radical (unpaired) electrons. The average molecular weight is 211 g/mol. The number of hydrogen-bond acceptors (Lipinski definition) is 3. The van der Waals surface area contributed by atoms with Gasteiger partial charge in [0.05, 0.1) is 11.0 Å². The molecule has 1 N–H and O–H groups in total. The van der Waals surface area contributed by atoms with Crippen molar-refractivity contribution in [1.29, 1.82) is 0 Å². The summed E-state index contributed by atoms with van der Waals surface area (Å²) in [6.45, 7) is 3.14. The molecule has 4 heteroatoms. The molecule has 1 aromatic heterocycles. The number of β-amino-alcohol motifs (C(OH)–C–C–N with tert-alkyl or cyclic N) is 1. The van der Waals surface area contributed by atoms with Crippen molar-refractivity contribution in [2.45, 2.75) is 19.4 Å². The minimum atomic E-state index is -0.333. The lowest BCUT2D eigenvalue weighted by atomic mass is 10.3. The van der Waals surface area contributed by atoms with E-state index in [1.807, 2.05) is 18.4 Å². The third-order valence-corrected chi connectivity index (χ3v) is 3.43. The normalized spacial score (nSPS) is 21.6. The van der Waals surface area contributed by atoms with Crippen LogP contribution in [-0.4, -0.2) is 35.1 Å². The van der Waals surface area contributed by atoms with Crippen molar-refractivity contribution in [2.75, 3.05) is 13.1 Å². The van der Waals surface area contributed by atoms with E-state index in [0.29, 0.717) is 19.5 Å². The van der Waals surface area contributed by atoms with Gasteiger partial charge in [-0.2, -0.15) is 0 Å². The first-order chi connectivity index (χ1) is 6.66. The Morgan fingerprint density at radius 2 is 2.50 bits per heavy atom. The second-order valence-corrected chi connectivity index (χ2v) is 4.59. The number of hydrogen-bond donors (Lipinski definition) is 1. The lowest BCUT2D eigenvalue weighted by molar-refractivity contribution is 0.0769. The first-order valence-corrected chi connectivity index (χ1v) is 5.57. The number of amides is 1. The summed E-state index contributed by atoms with van der Waals surface area (Å²) in [5, 5.41) is 11.3. The van der Waals surface area contributed by atoms with Crippen LogP contribution in [0.15, 0.2) is 11.4 Å². The number of carbonyl (C=O) groups excluding carboxylic acids is 1. The second-order valence-electron chi connectivity index (χ2n) is 3.68. The lowest BCUT2D eigenvalue weighted by Gasteiger charge is -2.13. The average Bonchev–Trinajstić information content (AvgIpc) is 2.73. The minimum Gasteiger partial charge on any atom is -0.391 e. The molecule has 1 atom stereocenters. The molecule has 1 aliphatic heterocycles. The van der Waals surface area contributed by atoms with Gasteiger partial charge < -0.3 is 10.0 Å². The predicted molar refractivity (Wildman–Crippen MR) is 55.6 cm³/mol. The van der Waals surface area contributed by atoms with Crippen LogP contribution in [0.2, 0.25) is 0 Å². The van der Waals surface area contributed by atoms with Crippen molar-refractivity contribution in [3.63, 3.8) is 0 Å². The van der Waals surface area contributed by atoms with E-state index in [0.717, 1.165) is 10.4 Å². The molecule has 1 unspecified atom stereocenters. The SMILES string of the molecule is Cc1csc(C(=O)N2CCC(O)C2)c1. The zero-order chi connectivity index (χ0) is 10.1. The van der Waals surface area contributed by atoms with E-state index in [1.165, 1.54) is 11.3 Å². The van der Waals surface area contributed by atoms with Crippen molar-refractivity contribution in [3.8, 4) is 0 Å². The van der Waals surface area contributed by atoms with Crippen LogP contribution in [-0.2, 0) is 0 Å². The number of aliphatic hydroxyl groups excluding tert-OH is 1. The van der Waals surface area contributed by atoms with Gasteiger partial charge in [0.1, 0.15) is 0 Å². The molecule has 0 aromatic carbocycles. The summed E-state index contributed by atoms with van der Waals surface area (Å²) in [5.41, 5.74) is 1.12. The third kappa shape index (κ3) is 1.81. The van der Waals surface area contributed by atoms with Crippen LogP contribution in [0.4, 0.5) is 0 Å². The number of thiophene rings is 1. The Kier molecular flexibility index (Phi) is 2.56. The molecular formula is C10H13NO2S. The van der Waals surface area contributed by atoms with Crippen LogP contribution in [0.3, 0.4) is 0 Å². The van der Waals surface area contributed by atoms with Gasteiger partial charge in [0, 0.05) is 13.1 Å². The molecule has 1 aromatic rings. The summed E-state index contributed by atoms with van der Waals surface area (Å²) in [4.78, 5) is 14.3. The Labute approximate surface area is 87.0 Å². The molecule has 0 bridgehead atoms. The molecular weight excluding hydrogens is 198 g/mol. The molecule has 2 rings (SSSR count). The second kappa shape index (κ2) is 3.71. The van der Waals surface area contributed by atoms with Gasteiger partial charge in [0.15, 0.2) is 0 Å². The van der Waals surface area contributed by atoms with Crippen molar-refractivity contribution < 1.29 is 9.90 Å². The first kappa shape index (κ1) is 9.68. The number of nitrogens with zero attached hydrogens (tertiary/aromatic N) is 1. The number of carbonyl (C=O) groups is 1. The van der Waals surface area contributed by atoms with Gasteiger partial charge >= 0.3 is 0 Å². The summed E-state index contributed by atoms with van der Waals surface area (Å²) >= 11 is 1.47. The van der Waals surface area contributed by atoms with Crippen molar-refractivity contribution in [1.82, 2.24) is 4.90 Å². The van der Waals surface area contributed by atoms with Gasteiger partial charge in [-0.25, -0.2) is 0 Å². The minimum absolute atomic E-state index is 0.0552. The van der Waals surface area contributed by atoms with E-state index in [9.17, 15) is 9.90 Å². The molecule has 2 heterocycles. The van der Waals surface area contributed by atoms with E-state index >= 15 is 0 Å². The molecule has 0 aliphatic carbocycles. The quantitative estimate of drug-likeness (QED) is 0.759. The highest BCUT2D eigenvalue weighted by Crippen LogP contribution is 2.19. The maximum atomic E-state index is 11.8. The first-order valence-electron chi connectivity index (χ1n) is 4.69. The third-order valence-electron chi connectivity index (χ3n) is 2.39. The Morgan fingerprint density at radius 1 is 1.71 bits per heavy atom. The van der Waals surface area contributed by atoms with Crippen LogP contribution in [0.5, 0.6) is 0 Å². The van der Waals surface area contributed by atoms with Crippen LogP contribution < -0.4 is 0 Å². The van der Waals surface area contributed by atoms with Gasteiger partial charge in [0.2, 0.25) is 0 Å². The monoisotopic (exact) mass is 211 g/mol. The highest BCUT2D eigenvalue weighted by molar-refractivity contribution is 7.12. The van der Waals surface area contributed by atoms with Crippen LogP contribution >= 0.6 is 11.3 Å². The van der Waals surface area contributed by atoms with Gasteiger partial charge in [0.25, 0.3) is 5.91 Å². The van der Waals surface area contributed by atoms with Crippen molar-refractivity contribution in [3.05, 3.63) is 21.9 Å². The zero-order valence-corrected chi connectivity index (χ0v) is 8.88. The summed E-state index contributed by atoms with van der Waals surface area (Å²) in [5.74, 6) is 0.0552. The Hall–Kier alpha value is -0.870. The maximum Gasteiger partial charge on any atom is 0.264 e. The van der Waals surface area contributed by atoms with E-state index in [1.54, 1.807) is 4.90 Å². The largest absolute Gasteiger partial charge is 0.391 e.